The molecule has 0 saturated heterocycles. The van der Waals surface area contributed by atoms with Gasteiger partial charge in [0.1, 0.15) is 5.60 Å². The first-order valence-corrected chi connectivity index (χ1v) is 7.01. The standard InChI is InChI=1S/C14H17NO4/c1-11(2,3)19-10(18)15-14-6-4-5(6)12(9(16)17)7-8(14)13(7,12)14/h5-8H,4H2,1-3H3,(H,15,18)(H,16,17). The van der Waals surface area contributed by atoms with Gasteiger partial charge in [0.15, 0.2) is 0 Å². The van der Waals surface area contributed by atoms with Gasteiger partial charge in [0.25, 0.3) is 0 Å². The zero-order valence-electron chi connectivity index (χ0n) is 11.2. The maximum absolute atomic E-state index is 12.0. The molecule has 5 nitrogen and oxygen atoms in total. The summed E-state index contributed by atoms with van der Waals surface area (Å²) in [5.41, 5.74) is -1.23. The van der Waals surface area contributed by atoms with Crippen LogP contribution in [0, 0.1) is 34.5 Å². The highest BCUT2D eigenvalue weighted by atomic mass is 16.6. The van der Waals surface area contributed by atoms with Gasteiger partial charge in [-0.1, -0.05) is 0 Å². The number of nitrogens with one attached hydrogen (secondary N) is 1. The van der Waals surface area contributed by atoms with Crippen molar-refractivity contribution in [2.75, 3.05) is 0 Å². The lowest BCUT2D eigenvalue weighted by molar-refractivity contribution is -0.147. The Balaban J connectivity index is 1.41. The molecule has 0 heterocycles. The first-order chi connectivity index (χ1) is 8.76. The van der Waals surface area contributed by atoms with Gasteiger partial charge >= 0.3 is 12.1 Å². The largest absolute Gasteiger partial charge is 0.481 e. The SMILES string of the molecule is CC(C)(C)OC(=O)NC12C3CC3C3(C(=O)O)C4C1C423. The molecule has 7 unspecified atom stereocenters. The van der Waals surface area contributed by atoms with E-state index in [9.17, 15) is 14.7 Å². The van der Waals surface area contributed by atoms with Crippen LogP contribution in [0.4, 0.5) is 4.79 Å². The van der Waals surface area contributed by atoms with E-state index in [4.69, 9.17) is 4.74 Å². The van der Waals surface area contributed by atoms with Crippen molar-refractivity contribution in [3.8, 4) is 0 Å². The highest BCUT2D eigenvalue weighted by Crippen LogP contribution is 3.19. The van der Waals surface area contributed by atoms with Gasteiger partial charge in [-0.25, -0.2) is 4.79 Å². The van der Waals surface area contributed by atoms with Crippen LogP contribution in [0.5, 0.6) is 0 Å². The van der Waals surface area contributed by atoms with E-state index in [1.165, 1.54) is 0 Å². The van der Waals surface area contributed by atoms with E-state index in [0.29, 0.717) is 23.7 Å². The van der Waals surface area contributed by atoms with Crippen LogP contribution < -0.4 is 5.32 Å². The van der Waals surface area contributed by atoms with Crippen molar-refractivity contribution in [1.82, 2.24) is 5.32 Å². The van der Waals surface area contributed by atoms with Crippen molar-refractivity contribution in [2.24, 2.45) is 34.5 Å². The summed E-state index contributed by atoms with van der Waals surface area (Å²) < 4.78 is 5.33. The molecule has 1 amide bonds. The Morgan fingerprint density at radius 1 is 1.26 bits per heavy atom. The third kappa shape index (κ3) is 0.687. The van der Waals surface area contributed by atoms with Crippen LogP contribution in [-0.2, 0) is 9.53 Å². The van der Waals surface area contributed by atoms with Crippen LogP contribution >= 0.6 is 0 Å². The minimum absolute atomic E-state index is 0.0592. The van der Waals surface area contributed by atoms with Crippen molar-refractivity contribution in [1.29, 1.82) is 0 Å². The summed E-state index contributed by atoms with van der Waals surface area (Å²) in [7, 11) is 0. The summed E-state index contributed by atoms with van der Waals surface area (Å²) in [6.45, 7) is 5.52. The Kier molecular flexibility index (Phi) is 1.20. The quantitative estimate of drug-likeness (QED) is 0.785. The van der Waals surface area contributed by atoms with Crippen LogP contribution in [-0.4, -0.2) is 28.3 Å². The molecular weight excluding hydrogens is 246 g/mol. The summed E-state index contributed by atoms with van der Waals surface area (Å²) >= 11 is 0. The molecule has 5 aliphatic carbocycles. The molecule has 5 aliphatic rings. The monoisotopic (exact) mass is 263 g/mol. The Bertz CT molecular complexity index is 580. The Morgan fingerprint density at radius 2 is 1.95 bits per heavy atom. The number of aliphatic carboxylic acids is 1. The molecule has 5 fully saturated rings. The molecule has 0 aromatic heterocycles. The molecule has 5 saturated carbocycles. The first kappa shape index (κ1) is 10.5. The van der Waals surface area contributed by atoms with Crippen LogP contribution in [0.15, 0.2) is 0 Å². The number of alkyl carbamates (subject to hydrolysis) is 1. The number of carboxylic acids is 1. The average molecular weight is 263 g/mol. The second-order valence-electron chi connectivity index (χ2n) is 7.94. The molecule has 0 aromatic rings. The van der Waals surface area contributed by atoms with Gasteiger partial charge in [-0.2, -0.15) is 0 Å². The van der Waals surface area contributed by atoms with Crippen LogP contribution in [0.3, 0.4) is 0 Å². The summed E-state index contributed by atoms with van der Waals surface area (Å²) in [6.07, 6.45) is 0.586. The molecule has 7 atom stereocenters. The fourth-order valence-electron chi connectivity index (χ4n) is 6.17. The van der Waals surface area contributed by atoms with Gasteiger partial charge in [-0.05, 0) is 50.9 Å². The second-order valence-corrected chi connectivity index (χ2v) is 7.94. The molecule has 0 bridgehead atoms. The van der Waals surface area contributed by atoms with Crippen molar-refractivity contribution in [3.05, 3.63) is 0 Å². The maximum atomic E-state index is 12.0. The number of carboxylic acid groups (broad SMARTS) is 1. The topological polar surface area (TPSA) is 75.6 Å². The van der Waals surface area contributed by atoms with Crippen molar-refractivity contribution >= 4 is 12.1 Å². The minimum atomic E-state index is -0.633. The lowest BCUT2D eigenvalue weighted by atomic mass is 9.85. The van der Waals surface area contributed by atoms with Crippen molar-refractivity contribution in [3.63, 3.8) is 0 Å². The Morgan fingerprint density at radius 3 is 2.47 bits per heavy atom. The van der Waals surface area contributed by atoms with E-state index in [1.54, 1.807) is 0 Å². The number of hydrogen-bond acceptors (Lipinski definition) is 3. The van der Waals surface area contributed by atoms with Crippen LogP contribution in [0.25, 0.3) is 0 Å². The maximum Gasteiger partial charge on any atom is 0.408 e. The van der Waals surface area contributed by atoms with Gasteiger partial charge in [0, 0.05) is 5.41 Å². The number of fused-ring (bicyclic) bond motifs is 6. The summed E-state index contributed by atoms with van der Waals surface area (Å²) in [4.78, 5) is 23.5. The Labute approximate surface area is 110 Å². The molecule has 5 heteroatoms. The van der Waals surface area contributed by atoms with Gasteiger partial charge < -0.3 is 15.2 Å². The average Bonchev–Trinajstić information content (AvgIpc) is 3.06. The number of carbonyl (C=O) groups excluding carboxylic acids is 1. The second kappa shape index (κ2) is 2.17. The molecule has 102 valence electrons. The minimum Gasteiger partial charge on any atom is -0.481 e. The molecule has 5 rings (SSSR count). The number of carbonyl (C=O) groups is 2. The summed E-state index contributed by atoms with van der Waals surface area (Å²) in [5, 5.41) is 12.6. The van der Waals surface area contributed by atoms with Crippen molar-refractivity contribution in [2.45, 2.75) is 38.3 Å². The predicted octanol–water partition coefficient (Wildman–Crippen LogP) is 1.23. The third-order valence-electron chi connectivity index (χ3n) is 6.41. The number of hydrogen-bond donors (Lipinski definition) is 2. The lowest BCUT2D eigenvalue weighted by Gasteiger charge is -2.27. The molecule has 19 heavy (non-hydrogen) atoms. The highest BCUT2D eigenvalue weighted by molar-refractivity contribution is 5.96. The van der Waals surface area contributed by atoms with Crippen LogP contribution in [0.2, 0.25) is 0 Å². The van der Waals surface area contributed by atoms with E-state index in [1.807, 2.05) is 20.8 Å². The van der Waals surface area contributed by atoms with E-state index in [-0.39, 0.29) is 17.0 Å². The van der Waals surface area contributed by atoms with E-state index >= 15 is 0 Å². The molecular formula is C14H17NO4. The fraction of sp³-hybridized carbons (Fsp3) is 0.857. The van der Waals surface area contributed by atoms with E-state index in [0.717, 1.165) is 6.42 Å². The van der Waals surface area contributed by atoms with Gasteiger partial charge in [0.2, 0.25) is 0 Å². The van der Waals surface area contributed by atoms with Gasteiger partial charge in [0.05, 0.1) is 11.0 Å². The smallest absolute Gasteiger partial charge is 0.408 e. The number of ether oxygens (including phenoxy) is 1. The zero-order chi connectivity index (χ0) is 13.6. The van der Waals surface area contributed by atoms with E-state index < -0.39 is 17.0 Å². The molecule has 2 N–H and O–H groups in total. The van der Waals surface area contributed by atoms with E-state index in [2.05, 4.69) is 5.32 Å². The first-order valence-electron chi connectivity index (χ1n) is 7.01. The molecule has 1 spiro atoms. The molecule has 0 aliphatic heterocycles. The van der Waals surface area contributed by atoms with Gasteiger partial charge in [-0.15, -0.1) is 0 Å². The van der Waals surface area contributed by atoms with Crippen LogP contribution in [0.1, 0.15) is 27.2 Å². The highest BCUT2D eigenvalue weighted by Gasteiger charge is 3.26. The van der Waals surface area contributed by atoms with Gasteiger partial charge in [-0.3, -0.25) is 4.79 Å². The number of rotatable bonds is 2. The lowest BCUT2D eigenvalue weighted by Crippen LogP contribution is -2.47. The summed E-state index contributed by atoms with van der Waals surface area (Å²) in [5.74, 6) is 0.872. The number of amides is 1. The zero-order valence-corrected chi connectivity index (χ0v) is 11.2. The molecule has 0 aromatic carbocycles. The van der Waals surface area contributed by atoms with Crippen molar-refractivity contribution < 1.29 is 19.4 Å². The normalized spacial score (nSPS) is 60.4. The summed E-state index contributed by atoms with van der Waals surface area (Å²) in [6, 6.07) is 0. The predicted molar refractivity (Wildman–Crippen MR) is 63.2 cm³/mol. The molecule has 0 radical (unpaired) electrons. The Hall–Kier alpha value is -1.26. The third-order valence-corrected chi connectivity index (χ3v) is 6.41. The fourth-order valence-corrected chi connectivity index (χ4v) is 6.17.